The molecule has 92 valence electrons. The van der Waals surface area contributed by atoms with Gasteiger partial charge in [-0.05, 0) is 18.6 Å². The molecule has 1 unspecified atom stereocenters. The highest BCUT2D eigenvalue weighted by Crippen LogP contribution is 2.12. The number of benzene rings is 1. The fourth-order valence-corrected chi connectivity index (χ4v) is 1.71. The molecule has 18 heavy (non-hydrogen) atoms. The van der Waals surface area contributed by atoms with E-state index in [1.54, 1.807) is 0 Å². The summed E-state index contributed by atoms with van der Waals surface area (Å²) >= 11 is 0. The maximum Gasteiger partial charge on any atom is 0.268 e. The van der Waals surface area contributed by atoms with Gasteiger partial charge >= 0.3 is 0 Å². The van der Waals surface area contributed by atoms with Gasteiger partial charge in [0, 0.05) is 11.8 Å². The molecule has 2 aromatic rings. The Kier molecular flexibility index (Phi) is 3.57. The van der Waals surface area contributed by atoms with E-state index >= 15 is 0 Å². The summed E-state index contributed by atoms with van der Waals surface area (Å²) in [6.07, 6.45) is 2.21. The molecule has 0 saturated carbocycles. The van der Waals surface area contributed by atoms with Crippen molar-refractivity contribution in [2.75, 3.05) is 0 Å². The van der Waals surface area contributed by atoms with Gasteiger partial charge in [0.1, 0.15) is 5.69 Å². The number of nitrogens with one attached hydrogen (secondary N) is 2. The summed E-state index contributed by atoms with van der Waals surface area (Å²) < 4.78 is 0. The molecule has 0 aliphatic heterocycles. The van der Waals surface area contributed by atoms with Crippen molar-refractivity contribution in [3.8, 4) is 0 Å². The zero-order valence-corrected chi connectivity index (χ0v) is 10.0. The average molecular weight is 242 g/mol. The van der Waals surface area contributed by atoms with Crippen molar-refractivity contribution in [3.05, 3.63) is 59.4 Å². The predicted molar refractivity (Wildman–Crippen MR) is 68.5 cm³/mol. The Hall–Kier alpha value is -2.36. The fraction of sp³-hybridized carbons (Fsp3) is 0.143. The van der Waals surface area contributed by atoms with Crippen molar-refractivity contribution in [1.29, 1.82) is 0 Å². The minimum Gasteiger partial charge on any atom is -0.357 e. The van der Waals surface area contributed by atoms with Crippen molar-refractivity contribution in [1.82, 2.24) is 10.3 Å². The van der Waals surface area contributed by atoms with Gasteiger partial charge in [0.2, 0.25) is 0 Å². The molecule has 0 radical (unpaired) electrons. The highest BCUT2D eigenvalue weighted by molar-refractivity contribution is 5.94. The standard InChI is InChI=1S/C14H14N2O2/c1-10(12-5-3-2-4-6-12)16-14(18)13-7-11(9-17)8-15-13/h2-10,15H,1H3,(H,16,18). The molecule has 0 saturated heterocycles. The van der Waals surface area contributed by atoms with Crippen LogP contribution in [0.5, 0.6) is 0 Å². The third kappa shape index (κ3) is 2.66. The maximum atomic E-state index is 11.9. The molecular formula is C14H14N2O2. The van der Waals surface area contributed by atoms with Crippen LogP contribution in [-0.2, 0) is 0 Å². The Morgan fingerprint density at radius 2 is 2.06 bits per heavy atom. The number of aromatic amines is 1. The summed E-state index contributed by atoms with van der Waals surface area (Å²) in [6.45, 7) is 1.91. The molecule has 0 fully saturated rings. The van der Waals surface area contributed by atoms with Crippen LogP contribution >= 0.6 is 0 Å². The normalized spacial score (nSPS) is 11.8. The fourth-order valence-electron chi connectivity index (χ4n) is 1.71. The number of hydrogen-bond acceptors (Lipinski definition) is 2. The third-order valence-corrected chi connectivity index (χ3v) is 2.73. The number of rotatable bonds is 4. The maximum absolute atomic E-state index is 11.9. The van der Waals surface area contributed by atoms with Gasteiger partial charge in [-0.15, -0.1) is 0 Å². The Labute approximate surface area is 105 Å². The van der Waals surface area contributed by atoms with Gasteiger partial charge in [-0.2, -0.15) is 0 Å². The van der Waals surface area contributed by atoms with E-state index in [0.717, 1.165) is 5.56 Å². The molecule has 1 aromatic heterocycles. The lowest BCUT2D eigenvalue weighted by Crippen LogP contribution is -2.26. The van der Waals surface area contributed by atoms with Gasteiger partial charge in [0.25, 0.3) is 5.91 Å². The van der Waals surface area contributed by atoms with Crippen LogP contribution in [0, 0.1) is 0 Å². The molecule has 4 nitrogen and oxygen atoms in total. The quantitative estimate of drug-likeness (QED) is 0.808. The molecule has 2 N–H and O–H groups in total. The third-order valence-electron chi connectivity index (χ3n) is 2.73. The van der Waals surface area contributed by atoms with Gasteiger partial charge in [0.05, 0.1) is 6.04 Å². The summed E-state index contributed by atoms with van der Waals surface area (Å²) in [5, 5.41) is 2.86. The molecule has 0 bridgehead atoms. The van der Waals surface area contributed by atoms with E-state index in [1.807, 2.05) is 37.3 Å². The summed E-state index contributed by atoms with van der Waals surface area (Å²) in [5.74, 6) is -0.223. The van der Waals surface area contributed by atoms with E-state index in [9.17, 15) is 9.59 Å². The number of aldehydes is 1. The van der Waals surface area contributed by atoms with E-state index in [1.165, 1.54) is 12.3 Å². The lowest BCUT2D eigenvalue weighted by molar-refractivity contribution is 0.0935. The van der Waals surface area contributed by atoms with Crippen LogP contribution in [0.1, 0.15) is 39.4 Å². The molecule has 4 heteroatoms. The largest absolute Gasteiger partial charge is 0.357 e. The number of carbonyl (C=O) groups excluding carboxylic acids is 2. The molecule has 0 spiro atoms. The zero-order chi connectivity index (χ0) is 13.0. The predicted octanol–water partition coefficient (Wildman–Crippen LogP) is 2.32. The van der Waals surface area contributed by atoms with Crippen molar-refractivity contribution < 1.29 is 9.59 Å². The Morgan fingerprint density at radius 3 is 2.67 bits per heavy atom. The molecule has 0 aliphatic carbocycles. The Balaban J connectivity index is 2.05. The monoisotopic (exact) mass is 242 g/mol. The molecule has 1 aromatic carbocycles. The van der Waals surface area contributed by atoms with Gasteiger partial charge in [-0.3, -0.25) is 9.59 Å². The van der Waals surface area contributed by atoms with Crippen LogP contribution in [0.3, 0.4) is 0 Å². The number of aromatic nitrogens is 1. The first-order valence-electron chi connectivity index (χ1n) is 5.70. The van der Waals surface area contributed by atoms with E-state index in [-0.39, 0.29) is 11.9 Å². The molecule has 0 aliphatic rings. The summed E-state index contributed by atoms with van der Waals surface area (Å²) in [4.78, 5) is 25.2. The smallest absolute Gasteiger partial charge is 0.268 e. The van der Waals surface area contributed by atoms with Crippen LogP contribution in [0.25, 0.3) is 0 Å². The summed E-state index contributed by atoms with van der Waals surface area (Å²) in [6, 6.07) is 11.1. The van der Waals surface area contributed by atoms with Crippen LogP contribution in [0.2, 0.25) is 0 Å². The first-order valence-corrected chi connectivity index (χ1v) is 5.70. The SMILES string of the molecule is CC(NC(=O)c1cc(C=O)c[nH]1)c1ccccc1. The lowest BCUT2D eigenvalue weighted by atomic mass is 10.1. The second-order valence-electron chi connectivity index (χ2n) is 4.07. The topological polar surface area (TPSA) is 62.0 Å². The van der Waals surface area contributed by atoms with Crippen LogP contribution in [0.15, 0.2) is 42.6 Å². The van der Waals surface area contributed by atoms with Gasteiger partial charge in [-0.25, -0.2) is 0 Å². The minimum absolute atomic E-state index is 0.0818. The van der Waals surface area contributed by atoms with Gasteiger partial charge < -0.3 is 10.3 Å². The lowest BCUT2D eigenvalue weighted by Gasteiger charge is -2.13. The number of carbonyl (C=O) groups is 2. The zero-order valence-electron chi connectivity index (χ0n) is 10.0. The van der Waals surface area contributed by atoms with Gasteiger partial charge in [0.15, 0.2) is 6.29 Å². The van der Waals surface area contributed by atoms with Crippen molar-refractivity contribution >= 4 is 12.2 Å². The van der Waals surface area contributed by atoms with Crippen molar-refractivity contribution in [2.45, 2.75) is 13.0 Å². The molecule has 1 heterocycles. The van der Waals surface area contributed by atoms with E-state index in [4.69, 9.17) is 0 Å². The number of hydrogen-bond donors (Lipinski definition) is 2. The molecule has 1 atom stereocenters. The molecule has 1 amide bonds. The second kappa shape index (κ2) is 5.31. The number of H-pyrrole nitrogens is 1. The minimum atomic E-state index is -0.223. The molecular weight excluding hydrogens is 228 g/mol. The molecule has 2 rings (SSSR count). The van der Waals surface area contributed by atoms with Crippen LogP contribution < -0.4 is 5.32 Å². The highest BCUT2D eigenvalue weighted by Gasteiger charge is 2.12. The highest BCUT2D eigenvalue weighted by atomic mass is 16.2. The first kappa shape index (κ1) is 12.1. The summed E-state index contributed by atoms with van der Waals surface area (Å²) in [7, 11) is 0. The van der Waals surface area contributed by atoms with Crippen molar-refractivity contribution in [3.63, 3.8) is 0 Å². The van der Waals surface area contributed by atoms with E-state index in [2.05, 4.69) is 10.3 Å². The average Bonchev–Trinajstić information content (AvgIpc) is 2.88. The van der Waals surface area contributed by atoms with E-state index in [0.29, 0.717) is 17.5 Å². The van der Waals surface area contributed by atoms with Crippen LogP contribution in [0.4, 0.5) is 0 Å². The van der Waals surface area contributed by atoms with E-state index < -0.39 is 0 Å². The first-order chi connectivity index (χ1) is 8.70. The number of amides is 1. The summed E-state index contributed by atoms with van der Waals surface area (Å²) in [5.41, 5.74) is 1.89. The Morgan fingerprint density at radius 1 is 1.33 bits per heavy atom. The van der Waals surface area contributed by atoms with Crippen LogP contribution in [-0.4, -0.2) is 17.2 Å². The van der Waals surface area contributed by atoms with Crippen molar-refractivity contribution in [2.24, 2.45) is 0 Å². The second-order valence-corrected chi connectivity index (χ2v) is 4.07. The van der Waals surface area contributed by atoms with Gasteiger partial charge in [-0.1, -0.05) is 30.3 Å². The Bertz CT molecular complexity index is 546.